The number of aromatic nitrogens is 2. The molecule has 1 saturated heterocycles. The zero-order chi connectivity index (χ0) is 17.2. The monoisotopic (exact) mass is 367 g/mol. The molecule has 24 heavy (non-hydrogen) atoms. The molecule has 0 spiro atoms. The van der Waals surface area contributed by atoms with Crippen molar-refractivity contribution in [1.29, 1.82) is 0 Å². The molecular formula is C15H17N3O4S2. The van der Waals surface area contributed by atoms with Gasteiger partial charge in [-0.05, 0) is 35.8 Å². The van der Waals surface area contributed by atoms with Gasteiger partial charge in [0.15, 0.2) is 0 Å². The first-order chi connectivity index (χ1) is 11.5. The highest BCUT2D eigenvalue weighted by molar-refractivity contribution is 7.99. The molecule has 1 amide bonds. The summed E-state index contributed by atoms with van der Waals surface area (Å²) in [5, 5.41) is 14.5. The number of carboxylic acid groups (broad SMARTS) is 1. The number of carboxylic acids is 1. The standard InChI is InChI=1S/C15H17N3O4S2/c19-11(17-15(14(21)22)3-7-23-8-4-15)1-5-18-9-16-12-10(13(18)20)2-6-24-12/h2,6,9H,1,3-5,7-8H2,(H,17,19)(H,21,22). The molecule has 0 atom stereocenters. The lowest BCUT2D eigenvalue weighted by molar-refractivity contribution is -0.148. The number of thiophene rings is 1. The molecule has 3 rings (SSSR count). The average Bonchev–Trinajstić information content (AvgIpc) is 3.04. The third-order valence-corrected chi connectivity index (χ3v) is 5.97. The van der Waals surface area contributed by atoms with E-state index in [0.29, 0.717) is 34.6 Å². The summed E-state index contributed by atoms with van der Waals surface area (Å²) in [5.74, 6) is 0.0755. The number of hydrogen-bond donors (Lipinski definition) is 2. The van der Waals surface area contributed by atoms with Gasteiger partial charge < -0.3 is 10.4 Å². The fourth-order valence-corrected chi connectivity index (χ4v) is 4.63. The van der Waals surface area contributed by atoms with E-state index in [-0.39, 0.29) is 24.4 Å². The zero-order valence-electron chi connectivity index (χ0n) is 12.9. The van der Waals surface area contributed by atoms with Crippen molar-refractivity contribution in [2.45, 2.75) is 31.3 Å². The fourth-order valence-electron chi connectivity index (χ4n) is 2.72. The minimum atomic E-state index is -1.18. The summed E-state index contributed by atoms with van der Waals surface area (Å²) in [5.41, 5.74) is -1.36. The van der Waals surface area contributed by atoms with E-state index >= 15 is 0 Å². The number of thioether (sulfide) groups is 1. The molecule has 1 aliphatic heterocycles. The van der Waals surface area contributed by atoms with Crippen LogP contribution in [-0.2, 0) is 16.1 Å². The van der Waals surface area contributed by atoms with Crippen LogP contribution >= 0.6 is 23.1 Å². The van der Waals surface area contributed by atoms with E-state index in [4.69, 9.17) is 0 Å². The second-order valence-corrected chi connectivity index (χ2v) is 7.80. The lowest BCUT2D eigenvalue weighted by Crippen LogP contribution is -2.56. The highest BCUT2D eigenvalue weighted by Gasteiger charge is 2.41. The normalized spacial score (nSPS) is 16.8. The van der Waals surface area contributed by atoms with Gasteiger partial charge in [-0.3, -0.25) is 14.2 Å². The average molecular weight is 367 g/mol. The molecule has 128 valence electrons. The molecule has 0 aliphatic carbocycles. The van der Waals surface area contributed by atoms with Gasteiger partial charge in [0.25, 0.3) is 5.56 Å². The Labute approximate surface area is 146 Å². The van der Waals surface area contributed by atoms with Gasteiger partial charge in [-0.1, -0.05) is 0 Å². The summed E-state index contributed by atoms with van der Waals surface area (Å²) in [6.45, 7) is 0.175. The molecule has 2 aromatic rings. The summed E-state index contributed by atoms with van der Waals surface area (Å²) in [4.78, 5) is 40.9. The van der Waals surface area contributed by atoms with E-state index in [9.17, 15) is 19.5 Å². The van der Waals surface area contributed by atoms with Crippen LogP contribution in [0.1, 0.15) is 19.3 Å². The van der Waals surface area contributed by atoms with Crippen LogP contribution in [0.5, 0.6) is 0 Å². The van der Waals surface area contributed by atoms with Gasteiger partial charge in [0.05, 0.1) is 11.7 Å². The number of carbonyl (C=O) groups excluding carboxylic acids is 1. The third kappa shape index (κ3) is 3.32. The van der Waals surface area contributed by atoms with Crippen molar-refractivity contribution in [3.8, 4) is 0 Å². The number of nitrogens with zero attached hydrogens (tertiary/aromatic N) is 2. The largest absolute Gasteiger partial charge is 0.480 e. The van der Waals surface area contributed by atoms with E-state index in [0.717, 1.165) is 0 Å². The second-order valence-electron chi connectivity index (χ2n) is 5.68. The Morgan fingerprint density at radius 1 is 1.38 bits per heavy atom. The molecule has 0 unspecified atom stereocenters. The summed E-state index contributed by atoms with van der Waals surface area (Å²) < 4.78 is 1.39. The molecule has 9 heteroatoms. The van der Waals surface area contributed by atoms with Crippen molar-refractivity contribution in [3.63, 3.8) is 0 Å². The number of fused-ring (bicyclic) bond motifs is 1. The van der Waals surface area contributed by atoms with Crippen LogP contribution in [-0.4, -0.2) is 43.6 Å². The minimum Gasteiger partial charge on any atom is -0.480 e. The fraction of sp³-hybridized carbons (Fsp3) is 0.467. The molecule has 0 radical (unpaired) electrons. The Hall–Kier alpha value is -1.87. The number of carbonyl (C=O) groups is 2. The van der Waals surface area contributed by atoms with Gasteiger partial charge in [0.1, 0.15) is 10.4 Å². The van der Waals surface area contributed by atoms with Crippen LogP contribution in [0.4, 0.5) is 0 Å². The SMILES string of the molecule is O=C(CCn1cnc2sccc2c1=O)NC1(C(=O)O)CCSCC1. The van der Waals surface area contributed by atoms with Crippen molar-refractivity contribution in [3.05, 3.63) is 28.1 Å². The number of aliphatic carboxylic acids is 1. The van der Waals surface area contributed by atoms with Crippen molar-refractivity contribution < 1.29 is 14.7 Å². The van der Waals surface area contributed by atoms with Gasteiger partial charge in [-0.15, -0.1) is 11.3 Å². The molecule has 1 fully saturated rings. The van der Waals surface area contributed by atoms with Crippen LogP contribution in [0.3, 0.4) is 0 Å². The number of rotatable bonds is 5. The molecule has 2 aromatic heterocycles. The van der Waals surface area contributed by atoms with E-state index in [1.165, 1.54) is 22.2 Å². The molecule has 7 nitrogen and oxygen atoms in total. The van der Waals surface area contributed by atoms with Crippen molar-refractivity contribution >= 4 is 45.2 Å². The summed E-state index contributed by atoms with van der Waals surface area (Å²) in [7, 11) is 0. The maximum Gasteiger partial charge on any atom is 0.329 e. The van der Waals surface area contributed by atoms with Gasteiger partial charge in [0, 0.05) is 13.0 Å². The highest BCUT2D eigenvalue weighted by atomic mass is 32.2. The van der Waals surface area contributed by atoms with Gasteiger partial charge >= 0.3 is 5.97 Å². The summed E-state index contributed by atoms with van der Waals surface area (Å²) in [6, 6.07) is 1.71. The Morgan fingerprint density at radius 3 is 2.83 bits per heavy atom. The Morgan fingerprint density at radius 2 is 2.12 bits per heavy atom. The quantitative estimate of drug-likeness (QED) is 0.826. The van der Waals surface area contributed by atoms with Crippen molar-refractivity contribution in [2.24, 2.45) is 0 Å². The Balaban J connectivity index is 1.67. The number of aryl methyl sites for hydroxylation is 1. The molecule has 0 aromatic carbocycles. The zero-order valence-corrected chi connectivity index (χ0v) is 14.5. The highest BCUT2D eigenvalue weighted by Crippen LogP contribution is 2.27. The number of amides is 1. The summed E-state index contributed by atoms with van der Waals surface area (Å²) in [6.07, 6.45) is 2.31. The van der Waals surface area contributed by atoms with Gasteiger partial charge in [0.2, 0.25) is 5.91 Å². The molecular weight excluding hydrogens is 350 g/mol. The summed E-state index contributed by atoms with van der Waals surface area (Å²) >= 11 is 3.08. The lowest BCUT2D eigenvalue weighted by atomic mass is 9.92. The first-order valence-corrected chi connectivity index (χ1v) is 9.60. The third-order valence-electron chi connectivity index (χ3n) is 4.16. The lowest BCUT2D eigenvalue weighted by Gasteiger charge is -2.33. The van der Waals surface area contributed by atoms with Crippen LogP contribution in [0, 0.1) is 0 Å². The predicted octanol–water partition coefficient (Wildman–Crippen LogP) is 1.31. The maximum atomic E-state index is 12.3. The van der Waals surface area contributed by atoms with E-state index in [1.54, 1.807) is 23.2 Å². The molecule has 3 heterocycles. The van der Waals surface area contributed by atoms with Crippen molar-refractivity contribution in [1.82, 2.24) is 14.9 Å². The van der Waals surface area contributed by atoms with E-state index in [1.807, 2.05) is 0 Å². The topological polar surface area (TPSA) is 101 Å². The van der Waals surface area contributed by atoms with Gasteiger partial charge in [-0.25, -0.2) is 9.78 Å². The van der Waals surface area contributed by atoms with Crippen LogP contribution in [0.15, 0.2) is 22.6 Å². The predicted molar refractivity (Wildman–Crippen MR) is 93.6 cm³/mol. The number of nitrogens with one attached hydrogen (secondary N) is 1. The number of hydrogen-bond acceptors (Lipinski definition) is 6. The first kappa shape index (κ1) is 17.0. The first-order valence-electron chi connectivity index (χ1n) is 7.57. The maximum absolute atomic E-state index is 12.3. The van der Waals surface area contributed by atoms with E-state index in [2.05, 4.69) is 10.3 Å². The molecule has 1 aliphatic rings. The Kier molecular flexibility index (Phi) is 4.91. The van der Waals surface area contributed by atoms with E-state index < -0.39 is 11.5 Å². The minimum absolute atomic E-state index is 0.0411. The smallest absolute Gasteiger partial charge is 0.329 e. The van der Waals surface area contributed by atoms with Crippen LogP contribution < -0.4 is 10.9 Å². The Bertz CT molecular complexity index is 823. The molecule has 0 bridgehead atoms. The van der Waals surface area contributed by atoms with Crippen LogP contribution in [0.2, 0.25) is 0 Å². The second kappa shape index (κ2) is 6.94. The van der Waals surface area contributed by atoms with Crippen LogP contribution in [0.25, 0.3) is 10.2 Å². The van der Waals surface area contributed by atoms with Gasteiger partial charge in [-0.2, -0.15) is 11.8 Å². The van der Waals surface area contributed by atoms with Crippen molar-refractivity contribution in [2.75, 3.05) is 11.5 Å². The molecule has 2 N–H and O–H groups in total. The molecule has 0 saturated carbocycles.